The van der Waals surface area contributed by atoms with Gasteiger partial charge in [-0.25, -0.2) is 9.97 Å². The minimum atomic E-state index is -0.0750. The highest BCUT2D eigenvalue weighted by molar-refractivity contribution is 7.13. The molecule has 0 radical (unpaired) electrons. The summed E-state index contributed by atoms with van der Waals surface area (Å²) in [6.07, 6.45) is 2.51. The summed E-state index contributed by atoms with van der Waals surface area (Å²) in [6, 6.07) is 0. The van der Waals surface area contributed by atoms with Crippen molar-refractivity contribution in [2.75, 3.05) is 13.7 Å². The SMILES string of the molecule is COCCc1csc(-c2coc(C(C)(C)C)n2)n1. The molecule has 2 rings (SSSR count). The maximum Gasteiger partial charge on any atom is 0.200 e. The van der Waals surface area contributed by atoms with Crippen molar-refractivity contribution in [3.05, 3.63) is 23.2 Å². The van der Waals surface area contributed by atoms with Gasteiger partial charge >= 0.3 is 0 Å². The van der Waals surface area contributed by atoms with Gasteiger partial charge in [-0.05, 0) is 0 Å². The second kappa shape index (κ2) is 5.20. The summed E-state index contributed by atoms with van der Waals surface area (Å²) in [5.74, 6) is 0.742. The molecule has 0 aliphatic rings. The molecule has 0 saturated carbocycles. The fraction of sp³-hybridized carbons (Fsp3) is 0.538. The third kappa shape index (κ3) is 2.97. The molecule has 0 N–H and O–H groups in total. The molecule has 0 fully saturated rings. The van der Waals surface area contributed by atoms with Gasteiger partial charge in [0.2, 0.25) is 0 Å². The summed E-state index contributed by atoms with van der Waals surface area (Å²) in [6.45, 7) is 6.92. The van der Waals surface area contributed by atoms with Crippen molar-refractivity contribution in [2.45, 2.75) is 32.6 Å². The van der Waals surface area contributed by atoms with Crippen LogP contribution in [0.15, 0.2) is 16.1 Å². The Bertz CT molecular complexity index is 511. The summed E-state index contributed by atoms with van der Waals surface area (Å²) < 4.78 is 10.5. The Morgan fingerprint density at radius 2 is 2.11 bits per heavy atom. The minimum Gasteiger partial charge on any atom is -0.448 e. The predicted octanol–water partition coefficient (Wildman–Crippen LogP) is 3.28. The van der Waals surface area contributed by atoms with Crippen LogP contribution in [0.4, 0.5) is 0 Å². The molecule has 4 nitrogen and oxygen atoms in total. The molecular formula is C13H18N2O2S. The van der Waals surface area contributed by atoms with E-state index < -0.39 is 0 Å². The molecule has 0 saturated heterocycles. The summed E-state index contributed by atoms with van der Waals surface area (Å²) in [5, 5.41) is 2.94. The molecular weight excluding hydrogens is 248 g/mol. The largest absolute Gasteiger partial charge is 0.448 e. The molecule has 2 aromatic rings. The molecule has 5 heteroatoms. The van der Waals surface area contributed by atoms with E-state index in [1.165, 1.54) is 0 Å². The number of oxazole rings is 1. The lowest BCUT2D eigenvalue weighted by Crippen LogP contribution is -2.11. The van der Waals surface area contributed by atoms with Crippen molar-refractivity contribution in [1.82, 2.24) is 9.97 Å². The zero-order chi connectivity index (χ0) is 13.2. The van der Waals surface area contributed by atoms with Crippen molar-refractivity contribution in [3.63, 3.8) is 0 Å². The van der Waals surface area contributed by atoms with Crippen LogP contribution in [-0.2, 0) is 16.6 Å². The van der Waals surface area contributed by atoms with Gasteiger partial charge in [-0.2, -0.15) is 0 Å². The Balaban J connectivity index is 2.16. The second-order valence-electron chi connectivity index (χ2n) is 5.17. The monoisotopic (exact) mass is 266 g/mol. The van der Waals surface area contributed by atoms with Gasteiger partial charge < -0.3 is 9.15 Å². The number of rotatable bonds is 4. The summed E-state index contributed by atoms with van der Waals surface area (Å²) in [4.78, 5) is 9.02. The molecule has 0 aliphatic carbocycles. The van der Waals surface area contributed by atoms with E-state index in [2.05, 4.69) is 30.7 Å². The fourth-order valence-electron chi connectivity index (χ4n) is 1.46. The number of nitrogens with zero attached hydrogens (tertiary/aromatic N) is 2. The number of hydrogen-bond acceptors (Lipinski definition) is 5. The third-order valence-electron chi connectivity index (χ3n) is 2.48. The van der Waals surface area contributed by atoms with Gasteiger partial charge in [0.15, 0.2) is 5.89 Å². The van der Waals surface area contributed by atoms with Crippen LogP contribution in [-0.4, -0.2) is 23.7 Å². The van der Waals surface area contributed by atoms with Crippen LogP contribution in [0.5, 0.6) is 0 Å². The fourth-order valence-corrected chi connectivity index (χ4v) is 2.27. The van der Waals surface area contributed by atoms with Crippen molar-refractivity contribution >= 4 is 11.3 Å². The van der Waals surface area contributed by atoms with Gasteiger partial charge in [0.25, 0.3) is 0 Å². The molecule has 0 amide bonds. The van der Waals surface area contributed by atoms with Crippen LogP contribution in [0.1, 0.15) is 32.4 Å². The third-order valence-corrected chi connectivity index (χ3v) is 3.39. The lowest BCUT2D eigenvalue weighted by Gasteiger charge is -2.11. The van der Waals surface area contributed by atoms with Crippen LogP contribution in [0.3, 0.4) is 0 Å². The number of aromatic nitrogens is 2. The first-order chi connectivity index (χ1) is 8.50. The second-order valence-corrected chi connectivity index (χ2v) is 6.03. The minimum absolute atomic E-state index is 0.0750. The van der Waals surface area contributed by atoms with E-state index in [-0.39, 0.29) is 5.41 Å². The Kier molecular flexibility index (Phi) is 3.82. The van der Waals surface area contributed by atoms with Crippen molar-refractivity contribution in [3.8, 4) is 10.7 Å². The molecule has 0 bridgehead atoms. The van der Waals surface area contributed by atoms with E-state index in [9.17, 15) is 0 Å². The van der Waals surface area contributed by atoms with Gasteiger partial charge in [-0.3, -0.25) is 0 Å². The topological polar surface area (TPSA) is 48.2 Å². The van der Waals surface area contributed by atoms with Crippen molar-refractivity contribution < 1.29 is 9.15 Å². The van der Waals surface area contributed by atoms with E-state index in [0.29, 0.717) is 6.61 Å². The molecule has 98 valence electrons. The zero-order valence-corrected chi connectivity index (χ0v) is 12.0. The molecule has 2 aromatic heterocycles. The van der Waals surface area contributed by atoms with E-state index in [4.69, 9.17) is 9.15 Å². The maximum atomic E-state index is 5.50. The Morgan fingerprint density at radius 3 is 2.72 bits per heavy atom. The molecule has 0 spiro atoms. The normalized spacial score (nSPS) is 12.0. The van der Waals surface area contributed by atoms with Gasteiger partial charge in [0.1, 0.15) is 17.0 Å². The van der Waals surface area contributed by atoms with Crippen LogP contribution in [0.25, 0.3) is 10.7 Å². The lowest BCUT2D eigenvalue weighted by atomic mass is 9.97. The van der Waals surface area contributed by atoms with Crippen LogP contribution < -0.4 is 0 Å². The zero-order valence-electron chi connectivity index (χ0n) is 11.2. The smallest absolute Gasteiger partial charge is 0.200 e. The number of thiazole rings is 1. The van der Waals surface area contributed by atoms with E-state index in [0.717, 1.165) is 28.7 Å². The maximum absolute atomic E-state index is 5.50. The summed E-state index contributed by atoms with van der Waals surface area (Å²) >= 11 is 1.59. The average Bonchev–Trinajstić information content (AvgIpc) is 2.93. The predicted molar refractivity (Wildman–Crippen MR) is 71.9 cm³/mol. The standard InChI is InChI=1S/C13H18N2O2S/c1-13(2,3)12-15-10(7-17-12)11-14-9(8-18-11)5-6-16-4/h7-8H,5-6H2,1-4H3. The van der Waals surface area contributed by atoms with Gasteiger partial charge in [0, 0.05) is 24.3 Å². The lowest BCUT2D eigenvalue weighted by molar-refractivity contribution is 0.201. The average molecular weight is 266 g/mol. The van der Waals surface area contributed by atoms with Crippen molar-refractivity contribution in [2.24, 2.45) is 0 Å². The van der Waals surface area contributed by atoms with Crippen LogP contribution >= 0.6 is 11.3 Å². The van der Waals surface area contributed by atoms with Gasteiger partial charge in [-0.15, -0.1) is 11.3 Å². The highest BCUT2D eigenvalue weighted by Crippen LogP contribution is 2.27. The first-order valence-corrected chi connectivity index (χ1v) is 6.78. The van der Waals surface area contributed by atoms with Gasteiger partial charge in [-0.1, -0.05) is 20.8 Å². The highest BCUT2D eigenvalue weighted by atomic mass is 32.1. The molecule has 18 heavy (non-hydrogen) atoms. The van der Waals surface area contributed by atoms with E-state index >= 15 is 0 Å². The van der Waals surface area contributed by atoms with E-state index in [1.54, 1.807) is 24.7 Å². The molecule has 0 atom stereocenters. The van der Waals surface area contributed by atoms with Crippen molar-refractivity contribution in [1.29, 1.82) is 0 Å². The first-order valence-electron chi connectivity index (χ1n) is 5.90. The summed E-state index contributed by atoms with van der Waals surface area (Å²) in [5.41, 5.74) is 1.78. The Morgan fingerprint density at radius 1 is 1.33 bits per heavy atom. The number of hydrogen-bond donors (Lipinski definition) is 0. The van der Waals surface area contributed by atoms with Crippen LogP contribution in [0.2, 0.25) is 0 Å². The molecule has 0 unspecified atom stereocenters. The number of methoxy groups -OCH3 is 1. The quantitative estimate of drug-likeness (QED) is 0.852. The first kappa shape index (κ1) is 13.2. The molecule has 0 aliphatic heterocycles. The summed E-state index contributed by atoms with van der Waals surface area (Å²) in [7, 11) is 1.69. The van der Waals surface area contributed by atoms with Gasteiger partial charge in [0.05, 0.1) is 12.3 Å². The molecule has 2 heterocycles. The highest BCUT2D eigenvalue weighted by Gasteiger charge is 2.21. The van der Waals surface area contributed by atoms with Crippen LogP contribution in [0, 0.1) is 0 Å². The Hall–Kier alpha value is -1.20. The van der Waals surface area contributed by atoms with E-state index in [1.807, 2.05) is 5.38 Å². The number of ether oxygens (including phenoxy) is 1. The molecule has 0 aromatic carbocycles. The Labute approximate surface area is 111 Å².